The fourth-order valence-corrected chi connectivity index (χ4v) is 3.10. The second kappa shape index (κ2) is 7.51. The SMILES string of the molecule is CCn1cc(CN(CCOC)C(=O)c2sc(C)nc2C)cn1. The van der Waals surface area contributed by atoms with E-state index in [-0.39, 0.29) is 5.91 Å². The van der Waals surface area contributed by atoms with Gasteiger partial charge < -0.3 is 9.64 Å². The van der Waals surface area contributed by atoms with E-state index in [2.05, 4.69) is 10.1 Å². The number of rotatable bonds is 7. The number of hydrogen-bond donors (Lipinski definition) is 0. The fraction of sp³-hybridized carbons (Fsp3) is 0.533. The lowest BCUT2D eigenvalue weighted by molar-refractivity contribution is 0.0684. The third-order valence-electron chi connectivity index (χ3n) is 3.33. The van der Waals surface area contributed by atoms with Crippen molar-refractivity contribution in [1.29, 1.82) is 0 Å². The Morgan fingerprint density at radius 1 is 1.45 bits per heavy atom. The van der Waals surface area contributed by atoms with E-state index in [1.807, 2.05) is 31.6 Å². The highest BCUT2D eigenvalue weighted by Gasteiger charge is 2.21. The standard InChI is InChI=1S/C15H22N4O2S/c1-5-19-10-13(8-16-19)9-18(6-7-21-4)15(20)14-11(2)17-12(3)22-14/h8,10H,5-7,9H2,1-4H3. The van der Waals surface area contributed by atoms with Gasteiger partial charge in [0.1, 0.15) is 4.88 Å². The Kier molecular flexibility index (Phi) is 5.68. The van der Waals surface area contributed by atoms with Gasteiger partial charge in [0, 0.05) is 38.5 Å². The highest BCUT2D eigenvalue weighted by molar-refractivity contribution is 7.13. The molecule has 2 heterocycles. The molecule has 0 N–H and O–H groups in total. The van der Waals surface area contributed by atoms with Crippen molar-refractivity contribution in [3.8, 4) is 0 Å². The second-order valence-electron chi connectivity index (χ2n) is 5.07. The number of aryl methyl sites for hydroxylation is 3. The smallest absolute Gasteiger partial charge is 0.266 e. The van der Waals surface area contributed by atoms with Crippen molar-refractivity contribution in [1.82, 2.24) is 19.7 Å². The number of hydrogen-bond acceptors (Lipinski definition) is 5. The van der Waals surface area contributed by atoms with Crippen molar-refractivity contribution in [3.63, 3.8) is 0 Å². The lowest BCUT2D eigenvalue weighted by Gasteiger charge is -2.21. The van der Waals surface area contributed by atoms with Crippen LogP contribution in [0.5, 0.6) is 0 Å². The molecule has 1 amide bonds. The number of carbonyl (C=O) groups excluding carboxylic acids is 1. The molecule has 0 aliphatic rings. The fourth-order valence-electron chi connectivity index (χ4n) is 2.21. The van der Waals surface area contributed by atoms with Crippen LogP contribution in [0, 0.1) is 13.8 Å². The highest BCUT2D eigenvalue weighted by Crippen LogP contribution is 2.20. The van der Waals surface area contributed by atoms with E-state index in [0.29, 0.717) is 24.6 Å². The van der Waals surface area contributed by atoms with Gasteiger partial charge in [-0.2, -0.15) is 5.10 Å². The summed E-state index contributed by atoms with van der Waals surface area (Å²) in [6.07, 6.45) is 3.78. The number of methoxy groups -OCH3 is 1. The second-order valence-corrected chi connectivity index (χ2v) is 6.27. The van der Waals surface area contributed by atoms with Gasteiger partial charge in [0.15, 0.2) is 0 Å². The van der Waals surface area contributed by atoms with E-state index >= 15 is 0 Å². The monoisotopic (exact) mass is 322 g/mol. The van der Waals surface area contributed by atoms with Crippen molar-refractivity contribution >= 4 is 17.2 Å². The first-order valence-corrected chi connectivity index (χ1v) is 8.10. The molecule has 0 aliphatic heterocycles. The largest absolute Gasteiger partial charge is 0.383 e. The molecule has 0 saturated heterocycles. The van der Waals surface area contributed by atoms with Crippen molar-refractivity contribution in [2.75, 3.05) is 20.3 Å². The highest BCUT2D eigenvalue weighted by atomic mass is 32.1. The van der Waals surface area contributed by atoms with Gasteiger partial charge in [-0.3, -0.25) is 9.48 Å². The predicted octanol–water partition coefficient (Wildman–Crippen LogP) is 2.27. The van der Waals surface area contributed by atoms with Gasteiger partial charge in [-0.15, -0.1) is 11.3 Å². The molecule has 22 heavy (non-hydrogen) atoms. The maximum atomic E-state index is 12.8. The average molecular weight is 322 g/mol. The number of amides is 1. The van der Waals surface area contributed by atoms with Gasteiger partial charge in [-0.1, -0.05) is 0 Å². The van der Waals surface area contributed by atoms with Gasteiger partial charge >= 0.3 is 0 Å². The minimum absolute atomic E-state index is 0.00407. The number of nitrogens with zero attached hydrogens (tertiary/aromatic N) is 4. The maximum Gasteiger partial charge on any atom is 0.266 e. The summed E-state index contributed by atoms with van der Waals surface area (Å²) >= 11 is 1.44. The van der Waals surface area contributed by atoms with Gasteiger partial charge in [0.2, 0.25) is 0 Å². The molecule has 0 fully saturated rings. The minimum atomic E-state index is 0.00407. The normalized spacial score (nSPS) is 10.9. The van der Waals surface area contributed by atoms with E-state index in [0.717, 1.165) is 22.8 Å². The topological polar surface area (TPSA) is 60.2 Å². The first-order chi connectivity index (χ1) is 10.5. The molecule has 120 valence electrons. The minimum Gasteiger partial charge on any atom is -0.383 e. The quantitative estimate of drug-likeness (QED) is 0.784. The first-order valence-electron chi connectivity index (χ1n) is 7.28. The molecule has 0 bridgehead atoms. The molecule has 0 saturated carbocycles. The third-order valence-corrected chi connectivity index (χ3v) is 4.40. The summed E-state index contributed by atoms with van der Waals surface area (Å²) in [5.41, 5.74) is 1.81. The molecule has 0 unspecified atom stereocenters. The summed E-state index contributed by atoms with van der Waals surface area (Å²) in [6, 6.07) is 0. The molecule has 2 aromatic heterocycles. The molecule has 0 atom stereocenters. The average Bonchev–Trinajstić information content (AvgIpc) is 3.08. The Hall–Kier alpha value is -1.73. The Labute approximate surface area is 134 Å². The van der Waals surface area contributed by atoms with Crippen LogP contribution in [-0.2, 0) is 17.8 Å². The van der Waals surface area contributed by atoms with Crippen molar-refractivity contribution in [3.05, 3.63) is 33.5 Å². The molecule has 7 heteroatoms. The van der Waals surface area contributed by atoms with Crippen LogP contribution in [0.25, 0.3) is 0 Å². The van der Waals surface area contributed by atoms with Crippen molar-refractivity contribution in [2.24, 2.45) is 0 Å². The van der Waals surface area contributed by atoms with Crippen molar-refractivity contribution in [2.45, 2.75) is 33.9 Å². The Bertz CT molecular complexity index is 635. The van der Waals surface area contributed by atoms with E-state index in [1.165, 1.54) is 11.3 Å². The van der Waals surface area contributed by atoms with Crippen LogP contribution < -0.4 is 0 Å². The van der Waals surface area contributed by atoms with Gasteiger partial charge in [0.05, 0.1) is 23.5 Å². The summed E-state index contributed by atoms with van der Waals surface area (Å²) in [5.74, 6) is 0.00407. The summed E-state index contributed by atoms with van der Waals surface area (Å²) in [7, 11) is 1.64. The number of carbonyl (C=O) groups is 1. The molecular weight excluding hydrogens is 300 g/mol. The Morgan fingerprint density at radius 2 is 2.23 bits per heavy atom. The zero-order valence-corrected chi connectivity index (χ0v) is 14.3. The number of aromatic nitrogens is 3. The molecule has 0 aliphatic carbocycles. The van der Waals surface area contributed by atoms with Gasteiger partial charge in [0.25, 0.3) is 5.91 Å². The van der Waals surface area contributed by atoms with E-state index in [9.17, 15) is 4.79 Å². The molecule has 0 aromatic carbocycles. The van der Waals surface area contributed by atoms with Crippen LogP contribution in [0.1, 0.15) is 32.9 Å². The first kappa shape index (κ1) is 16.6. The predicted molar refractivity (Wildman–Crippen MR) is 86.1 cm³/mol. The van der Waals surface area contributed by atoms with Crippen molar-refractivity contribution < 1.29 is 9.53 Å². The lowest BCUT2D eigenvalue weighted by atomic mass is 10.3. The van der Waals surface area contributed by atoms with Crippen LogP contribution in [-0.4, -0.2) is 45.8 Å². The maximum absolute atomic E-state index is 12.8. The molecule has 2 rings (SSSR count). The molecular formula is C15H22N4O2S. The van der Waals surface area contributed by atoms with Crippen LogP contribution in [0.15, 0.2) is 12.4 Å². The van der Waals surface area contributed by atoms with Crippen LogP contribution >= 0.6 is 11.3 Å². The Balaban J connectivity index is 2.17. The zero-order valence-electron chi connectivity index (χ0n) is 13.5. The molecule has 6 nitrogen and oxygen atoms in total. The lowest BCUT2D eigenvalue weighted by Crippen LogP contribution is -2.33. The van der Waals surface area contributed by atoms with E-state index in [1.54, 1.807) is 18.2 Å². The summed E-state index contributed by atoms with van der Waals surface area (Å²) < 4.78 is 6.99. The van der Waals surface area contributed by atoms with Crippen LogP contribution in [0.2, 0.25) is 0 Å². The summed E-state index contributed by atoms with van der Waals surface area (Å²) in [5, 5.41) is 5.17. The zero-order chi connectivity index (χ0) is 16.1. The van der Waals surface area contributed by atoms with Gasteiger partial charge in [-0.05, 0) is 20.8 Å². The summed E-state index contributed by atoms with van der Waals surface area (Å²) in [6.45, 7) is 8.22. The van der Waals surface area contributed by atoms with Crippen LogP contribution in [0.4, 0.5) is 0 Å². The molecule has 2 aromatic rings. The molecule has 0 spiro atoms. The summed E-state index contributed by atoms with van der Waals surface area (Å²) in [4.78, 5) is 19.6. The Morgan fingerprint density at radius 3 is 2.77 bits per heavy atom. The number of thiazole rings is 1. The van der Waals surface area contributed by atoms with E-state index < -0.39 is 0 Å². The molecule has 0 radical (unpaired) electrons. The third kappa shape index (κ3) is 3.92. The van der Waals surface area contributed by atoms with E-state index in [4.69, 9.17) is 4.74 Å². The van der Waals surface area contributed by atoms with Crippen LogP contribution in [0.3, 0.4) is 0 Å². The number of ether oxygens (including phenoxy) is 1. The van der Waals surface area contributed by atoms with Gasteiger partial charge in [-0.25, -0.2) is 4.98 Å².